The number of hydrogen-bond acceptors (Lipinski definition) is 4. The maximum absolute atomic E-state index is 14.3. The number of carbonyl (C=O) groups excluding carboxylic acids is 1. The van der Waals surface area contributed by atoms with Gasteiger partial charge < -0.3 is 15.2 Å². The standard InChI is InChI=1S/C30H39ClFN5O/c1-17(2)29(20-9-23(33)10-20)36-14-19(15-36)8-21-16-37(27-13-34-12-25(31)28(21)27)26-7-6-22(32)11-24(26)30(38)35(5)18(3)4/h6-7,11-13,16-20,23,29H,8-10,14-15,33H2,1-5H3. The van der Waals surface area contributed by atoms with E-state index in [1.807, 2.05) is 18.4 Å². The molecule has 2 fully saturated rings. The number of nitrogens with zero attached hydrogens (tertiary/aromatic N) is 4. The Morgan fingerprint density at radius 3 is 2.55 bits per heavy atom. The maximum atomic E-state index is 14.3. The highest BCUT2D eigenvalue weighted by atomic mass is 35.5. The molecule has 1 aliphatic heterocycles. The first-order valence-electron chi connectivity index (χ1n) is 13.7. The van der Waals surface area contributed by atoms with Gasteiger partial charge in [0.15, 0.2) is 0 Å². The first-order chi connectivity index (χ1) is 18.0. The summed E-state index contributed by atoms with van der Waals surface area (Å²) < 4.78 is 16.3. The number of fused-ring (bicyclic) bond motifs is 1. The summed E-state index contributed by atoms with van der Waals surface area (Å²) in [6.45, 7) is 10.6. The summed E-state index contributed by atoms with van der Waals surface area (Å²) in [7, 11) is 1.74. The quantitative estimate of drug-likeness (QED) is 0.408. The van der Waals surface area contributed by atoms with E-state index >= 15 is 0 Å². The van der Waals surface area contributed by atoms with Gasteiger partial charge in [0, 0.05) is 56.0 Å². The molecule has 8 heteroatoms. The van der Waals surface area contributed by atoms with E-state index in [9.17, 15) is 9.18 Å². The van der Waals surface area contributed by atoms with Gasteiger partial charge in [0.05, 0.1) is 28.0 Å². The smallest absolute Gasteiger partial charge is 0.256 e. The Kier molecular flexibility index (Phi) is 7.55. The van der Waals surface area contributed by atoms with Gasteiger partial charge in [0.25, 0.3) is 5.91 Å². The fourth-order valence-electron chi connectivity index (χ4n) is 6.43. The van der Waals surface area contributed by atoms with Gasteiger partial charge in [0.1, 0.15) is 5.82 Å². The van der Waals surface area contributed by atoms with Crippen molar-refractivity contribution in [3.05, 3.63) is 58.8 Å². The second-order valence-electron chi connectivity index (χ2n) is 12.0. The molecule has 1 unspecified atom stereocenters. The number of hydrogen-bond donors (Lipinski definition) is 1. The zero-order chi connectivity index (χ0) is 27.3. The Morgan fingerprint density at radius 1 is 1.21 bits per heavy atom. The minimum atomic E-state index is -0.441. The molecular weight excluding hydrogens is 501 g/mol. The molecule has 3 aromatic rings. The van der Waals surface area contributed by atoms with Crippen molar-refractivity contribution in [1.29, 1.82) is 0 Å². The van der Waals surface area contributed by atoms with Gasteiger partial charge in [0.2, 0.25) is 0 Å². The summed E-state index contributed by atoms with van der Waals surface area (Å²) in [5, 5.41) is 1.54. The lowest BCUT2D eigenvalue weighted by atomic mass is 9.71. The SMILES string of the molecule is CC(C)C(C1CC(N)C1)N1CC(Cc2cn(-c3ccc(F)cc3C(=O)N(C)C(C)C)c3cncc(Cl)c23)C1. The lowest BCUT2D eigenvalue weighted by molar-refractivity contribution is -0.0221. The van der Waals surface area contributed by atoms with E-state index in [1.54, 1.807) is 30.4 Å². The minimum Gasteiger partial charge on any atom is -0.339 e. The lowest BCUT2D eigenvalue weighted by Crippen LogP contribution is -2.60. The van der Waals surface area contributed by atoms with Gasteiger partial charge in [-0.2, -0.15) is 0 Å². The van der Waals surface area contributed by atoms with E-state index in [4.69, 9.17) is 17.3 Å². The van der Waals surface area contributed by atoms with Crippen LogP contribution in [0.1, 0.15) is 56.5 Å². The van der Waals surface area contributed by atoms with Crippen LogP contribution in [-0.4, -0.2) is 63.5 Å². The average Bonchev–Trinajstić information content (AvgIpc) is 3.19. The molecule has 3 heterocycles. The Morgan fingerprint density at radius 2 is 1.92 bits per heavy atom. The molecule has 1 aromatic carbocycles. The number of nitrogens with two attached hydrogens (primary N) is 1. The molecule has 1 saturated heterocycles. The van der Waals surface area contributed by atoms with Gasteiger partial charge >= 0.3 is 0 Å². The monoisotopic (exact) mass is 539 g/mol. The molecule has 2 aliphatic rings. The number of benzene rings is 1. The highest BCUT2D eigenvalue weighted by molar-refractivity contribution is 6.35. The number of carbonyl (C=O) groups is 1. The molecule has 0 spiro atoms. The average molecular weight is 540 g/mol. The highest BCUT2D eigenvalue weighted by Crippen LogP contribution is 2.40. The zero-order valence-corrected chi connectivity index (χ0v) is 23.8. The van der Waals surface area contributed by atoms with Crippen LogP contribution in [0, 0.1) is 23.6 Å². The molecule has 2 N–H and O–H groups in total. The summed E-state index contributed by atoms with van der Waals surface area (Å²) in [5.74, 6) is 1.16. The predicted octanol–water partition coefficient (Wildman–Crippen LogP) is 5.53. The zero-order valence-electron chi connectivity index (χ0n) is 23.0. The van der Waals surface area contributed by atoms with Crippen molar-refractivity contribution in [2.24, 2.45) is 23.5 Å². The van der Waals surface area contributed by atoms with Crippen LogP contribution in [0.5, 0.6) is 0 Å². The molecule has 0 bridgehead atoms. The molecule has 1 aliphatic carbocycles. The second kappa shape index (κ2) is 10.6. The topological polar surface area (TPSA) is 67.4 Å². The van der Waals surface area contributed by atoms with Crippen LogP contribution in [0.2, 0.25) is 5.02 Å². The van der Waals surface area contributed by atoms with Crippen molar-refractivity contribution in [2.75, 3.05) is 20.1 Å². The van der Waals surface area contributed by atoms with Crippen molar-refractivity contribution in [3.8, 4) is 5.69 Å². The van der Waals surface area contributed by atoms with Gasteiger partial charge in [-0.3, -0.25) is 14.7 Å². The molecule has 1 amide bonds. The molecule has 1 atom stereocenters. The van der Waals surface area contributed by atoms with Crippen LogP contribution < -0.4 is 5.73 Å². The molecule has 0 radical (unpaired) electrons. The lowest BCUT2D eigenvalue weighted by Gasteiger charge is -2.52. The number of aromatic nitrogens is 2. The van der Waals surface area contributed by atoms with Crippen LogP contribution in [0.3, 0.4) is 0 Å². The number of amides is 1. The molecule has 38 heavy (non-hydrogen) atoms. The maximum Gasteiger partial charge on any atom is 0.256 e. The molecule has 2 aromatic heterocycles. The predicted molar refractivity (Wildman–Crippen MR) is 151 cm³/mol. The third kappa shape index (κ3) is 4.96. The summed E-state index contributed by atoms with van der Waals surface area (Å²) in [4.78, 5) is 21.9. The van der Waals surface area contributed by atoms with Crippen molar-refractivity contribution in [3.63, 3.8) is 0 Å². The summed E-state index contributed by atoms with van der Waals surface area (Å²) in [5.41, 5.74) is 8.99. The second-order valence-corrected chi connectivity index (χ2v) is 12.4. The van der Waals surface area contributed by atoms with E-state index in [2.05, 4.69) is 29.9 Å². The fourth-order valence-corrected chi connectivity index (χ4v) is 6.70. The van der Waals surface area contributed by atoms with Crippen molar-refractivity contribution in [2.45, 2.75) is 65.1 Å². The summed E-state index contributed by atoms with van der Waals surface area (Å²) >= 11 is 6.70. The van der Waals surface area contributed by atoms with Crippen molar-refractivity contribution >= 4 is 28.4 Å². The molecule has 5 rings (SSSR count). The normalized spacial score (nSPS) is 21.1. The Labute approximate surface area is 229 Å². The highest BCUT2D eigenvalue weighted by Gasteiger charge is 2.42. The van der Waals surface area contributed by atoms with Gasteiger partial charge in [-0.15, -0.1) is 0 Å². The van der Waals surface area contributed by atoms with E-state index in [-0.39, 0.29) is 11.9 Å². The molecular formula is C30H39ClFN5O. The van der Waals surface area contributed by atoms with E-state index in [1.165, 1.54) is 12.1 Å². The number of likely N-dealkylation sites (tertiary alicyclic amines) is 1. The Hall–Kier alpha value is -2.48. The third-order valence-corrected chi connectivity index (χ3v) is 8.87. The van der Waals surface area contributed by atoms with E-state index < -0.39 is 5.82 Å². The van der Waals surface area contributed by atoms with Crippen LogP contribution >= 0.6 is 11.6 Å². The third-order valence-electron chi connectivity index (χ3n) is 8.58. The summed E-state index contributed by atoms with van der Waals surface area (Å²) in [6.07, 6.45) is 8.65. The molecule has 6 nitrogen and oxygen atoms in total. The van der Waals surface area contributed by atoms with Crippen LogP contribution in [0.25, 0.3) is 16.6 Å². The number of rotatable bonds is 8. The van der Waals surface area contributed by atoms with Gasteiger partial charge in [-0.25, -0.2) is 4.39 Å². The Balaban J connectivity index is 1.45. The summed E-state index contributed by atoms with van der Waals surface area (Å²) in [6, 6.07) is 5.33. The Bertz CT molecular complexity index is 1330. The van der Waals surface area contributed by atoms with Crippen LogP contribution in [0.4, 0.5) is 4.39 Å². The van der Waals surface area contributed by atoms with Crippen molar-refractivity contribution in [1.82, 2.24) is 19.4 Å². The van der Waals surface area contributed by atoms with Crippen molar-refractivity contribution < 1.29 is 9.18 Å². The van der Waals surface area contributed by atoms with E-state index in [0.717, 1.165) is 48.8 Å². The molecule has 1 saturated carbocycles. The molecule has 204 valence electrons. The largest absolute Gasteiger partial charge is 0.339 e. The van der Waals surface area contributed by atoms with Crippen LogP contribution in [-0.2, 0) is 6.42 Å². The fraction of sp³-hybridized carbons (Fsp3) is 0.533. The van der Waals surface area contributed by atoms with E-state index in [0.29, 0.717) is 46.1 Å². The van der Waals surface area contributed by atoms with Crippen LogP contribution in [0.15, 0.2) is 36.8 Å². The number of halogens is 2. The van der Waals surface area contributed by atoms with Gasteiger partial charge in [-0.1, -0.05) is 25.4 Å². The van der Waals surface area contributed by atoms with Gasteiger partial charge in [-0.05, 0) is 74.6 Å². The first-order valence-corrected chi connectivity index (χ1v) is 14.1. The minimum absolute atomic E-state index is 0.0152. The number of pyridine rings is 1. The first kappa shape index (κ1) is 27.1.